The minimum Gasteiger partial charge on any atom is -0.475 e. The van der Waals surface area contributed by atoms with Crippen molar-refractivity contribution in [2.24, 2.45) is 4.99 Å². The largest absolute Gasteiger partial charge is 0.475 e. The average Bonchev–Trinajstić information content (AvgIpc) is 2.46. The predicted octanol–water partition coefficient (Wildman–Crippen LogP) is 3.03. The van der Waals surface area contributed by atoms with E-state index in [0.29, 0.717) is 17.5 Å². The molecule has 1 aliphatic heterocycles. The lowest BCUT2D eigenvalue weighted by atomic mass is 10.1. The van der Waals surface area contributed by atoms with E-state index >= 15 is 0 Å². The van der Waals surface area contributed by atoms with Gasteiger partial charge in [0.15, 0.2) is 0 Å². The van der Waals surface area contributed by atoms with Crippen LogP contribution in [0.1, 0.15) is 19.4 Å². The molecular weight excluding hydrogens is 217 g/mol. The molecule has 1 heterocycles. The molecule has 0 bridgehead atoms. The van der Waals surface area contributed by atoms with E-state index < -0.39 is 5.82 Å². The molecule has 0 unspecified atom stereocenters. The fourth-order valence-electron chi connectivity index (χ4n) is 1.41. The Hall–Kier alpha value is -1.09. The van der Waals surface area contributed by atoms with Crippen molar-refractivity contribution in [1.29, 1.82) is 0 Å². The van der Waals surface area contributed by atoms with Crippen LogP contribution in [0.3, 0.4) is 0 Å². The van der Waals surface area contributed by atoms with Crippen LogP contribution < -0.4 is 0 Å². The van der Waals surface area contributed by atoms with E-state index in [-0.39, 0.29) is 11.1 Å². The second-order valence-electron chi connectivity index (χ2n) is 4.11. The lowest BCUT2D eigenvalue weighted by Crippen LogP contribution is -2.17. The van der Waals surface area contributed by atoms with Crippen molar-refractivity contribution in [1.82, 2.24) is 0 Å². The van der Waals surface area contributed by atoms with Crippen LogP contribution in [0.2, 0.25) is 5.02 Å². The normalized spacial score (nSPS) is 18.5. The van der Waals surface area contributed by atoms with Crippen molar-refractivity contribution >= 4 is 17.5 Å². The van der Waals surface area contributed by atoms with Crippen LogP contribution in [0.5, 0.6) is 0 Å². The summed E-state index contributed by atoms with van der Waals surface area (Å²) in [7, 11) is 0. The van der Waals surface area contributed by atoms with Gasteiger partial charge in [-0.05, 0) is 26.0 Å². The van der Waals surface area contributed by atoms with E-state index in [0.717, 1.165) is 0 Å². The van der Waals surface area contributed by atoms with Gasteiger partial charge < -0.3 is 4.74 Å². The van der Waals surface area contributed by atoms with Gasteiger partial charge in [0.2, 0.25) is 5.90 Å². The van der Waals surface area contributed by atoms with Crippen LogP contribution in [-0.4, -0.2) is 18.0 Å². The highest BCUT2D eigenvalue weighted by Gasteiger charge is 2.29. The van der Waals surface area contributed by atoms with Gasteiger partial charge in [0.25, 0.3) is 0 Å². The third-order valence-electron chi connectivity index (χ3n) is 2.14. The van der Waals surface area contributed by atoms with Gasteiger partial charge in [-0.15, -0.1) is 0 Å². The summed E-state index contributed by atoms with van der Waals surface area (Å²) in [5.41, 5.74) is -0.0502. The van der Waals surface area contributed by atoms with Crippen LogP contribution in [0.25, 0.3) is 0 Å². The van der Waals surface area contributed by atoms with E-state index in [9.17, 15) is 4.39 Å². The molecule has 4 heteroatoms. The van der Waals surface area contributed by atoms with Crippen molar-refractivity contribution in [3.63, 3.8) is 0 Å². The number of nitrogens with zero attached hydrogens (tertiary/aromatic N) is 1. The Balaban J connectivity index is 2.48. The zero-order valence-corrected chi connectivity index (χ0v) is 9.31. The first kappa shape index (κ1) is 10.4. The maximum absolute atomic E-state index is 13.5. The Bertz CT molecular complexity index is 408. The maximum atomic E-state index is 13.5. The van der Waals surface area contributed by atoms with Crippen molar-refractivity contribution in [2.75, 3.05) is 6.61 Å². The molecule has 0 radical (unpaired) electrons. The summed E-state index contributed by atoms with van der Waals surface area (Å²) in [5, 5.41) is 0.325. The molecule has 1 aliphatic rings. The van der Waals surface area contributed by atoms with Crippen molar-refractivity contribution in [2.45, 2.75) is 19.4 Å². The number of ether oxygens (including phenoxy) is 1. The summed E-state index contributed by atoms with van der Waals surface area (Å²) in [5.74, 6) is -0.109. The molecule has 0 spiro atoms. The first-order valence-electron chi connectivity index (χ1n) is 4.67. The lowest BCUT2D eigenvalue weighted by Gasteiger charge is -2.07. The number of halogens is 2. The van der Waals surface area contributed by atoms with Gasteiger partial charge in [0, 0.05) is 0 Å². The Morgan fingerprint density at radius 3 is 2.73 bits per heavy atom. The number of aliphatic imine (C=N–C) groups is 1. The average molecular weight is 228 g/mol. The van der Waals surface area contributed by atoms with Gasteiger partial charge in [-0.25, -0.2) is 9.38 Å². The molecule has 1 aromatic rings. The summed E-state index contributed by atoms with van der Waals surface area (Å²) in [6, 6.07) is 4.53. The minimum absolute atomic E-state index is 0.254. The van der Waals surface area contributed by atoms with E-state index in [1.54, 1.807) is 12.1 Å². The predicted molar refractivity (Wildman–Crippen MR) is 58.0 cm³/mol. The molecule has 15 heavy (non-hydrogen) atoms. The molecule has 80 valence electrons. The lowest BCUT2D eigenvalue weighted by molar-refractivity contribution is 0.279. The summed E-state index contributed by atoms with van der Waals surface area (Å²) in [4.78, 5) is 4.28. The van der Waals surface area contributed by atoms with Gasteiger partial charge in [0.1, 0.15) is 12.4 Å². The summed E-state index contributed by atoms with van der Waals surface area (Å²) < 4.78 is 18.9. The molecule has 1 aromatic carbocycles. The number of hydrogen-bond donors (Lipinski definition) is 0. The third-order valence-corrected chi connectivity index (χ3v) is 2.46. The first-order valence-corrected chi connectivity index (χ1v) is 5.04. The molecule has 2 nitrogen and oxygen atoms in total. The zero-order chi connectivity index (χ0) is 11.1. The van der Waals surface area contributed by atoms with Crippen molar-refractivity contribution < 1.29 is 9.13 Å². The molecule has 2 rings (SSSR count). The van der Waals surface area contributed by atoms with Crippen LogP contribution in [-0.2, 0) is 4.74 Å². The molecule has 0 saturated heterocycles. The van der Waals surface area contributed by atoms with Gasteiger partial charge in [-0.1, -0.05) is 17.7 Å². The topological polar surface area (TPSA) is 21.6 Å². The van der Waals surface area contributed by atoms with E-state index in [2.05, 4.69) is 4.99 Å². The molecule has 0 saturated carbocycles. The summed E-state index contributed by atoms with van der Waals surface area (Å²) in [6.07, 6.45) is 0. The highest BCUT2D eigenvalue weighted by molar-refractivity contribution is 6.33. The van der Waals surface area contributed by atoms with Crippen molar-refractivity contribution in [3.05, 3.63) is 34.6 Å². The second kappa shape index (κ2) is 3.49. The van der Waals surface area contributed by atoms with Crippen LogP contribution >= 0.6 is 11.6 Å². The van der Waals surface area contributed by atoms with Crippen LogP contribution in [0.4, 0.5) is 4.39 Å². The first-order chi connectivity index (χ1) is 6.99. The van der Waals surface area contributed by atoms with Crippen LogP contribution in [0, 0.1) is 5.82 Å². The van der Waals surface area contributed by atoms with Crippen LogP contribution in [0.15, 0.2) is 23.2 Å². The second-order valence-corrected chi connectivity index (χ2v) is 4.52. The van der Waals surface area contributed by atoms with E-state index in [1.807, 2.05) is 13.8 Å². The Labute approximate surface area is 92.7 Å². The van der Waals surface area contributed by atoms with E-state index in [4.69, 9.17) is 16.3 Å². The maximum Gasteiger partial charge on any atom is 0.221 e. The number of benzene rings is 1. The quantitative estimate of drug-likeness (QED) is 0.723. The summed E-state index contributed by atoms with van der Waals surface area (Å²) in [6.45, 7) is 4.30. The fourth-order valence-corrected chi connectivity index (χ4v) is 1.66. The smallest absolute Gasteiger partial charge is 0.221 e. The van der Waals surface area contributed by atoms with Gasteiger partial charge >= 0.3 is 0 Å². The molecule has 0 fully saturated rings. The SMILES string of the molecule is CC1(C)COC(c2c(F)cccc2Cl)=N1. The van der Waals surface area contributed by atoms with E-state index in [1.165, 1.54) is 6.07 Å². The van der Waals surface area contributed by atoms with Gasteiger partial charge in [-0.3, -0.25) is 0 Å². The van der Waals surface area contributed by atoms with Crippen molar-refractivity contribution in [3.8, 4) is 0 Å². The Morgan fingerprint density at radius 2 is 2.20 bits per heavy atom. The standard InChI is InChI=1S/C11H11ClFNO/c1-11(2)6-15-10(14-11)9-7(12)4-3-5-8(9)13/h3-5H,6H2,1-2H3. The van der Waals surface area contributed by atoms with Gasteiger partial charge in [0.05, 0.1) is 16.1 Å². The molecule has 0 aromatic heterocycles. The molecule has 0 atom stereocenters. The number of hydrogen-bond acceptors (Lipinski definition) is 2. The molecule has 0 N–H and O–H groups in total. The fraction of sp³-hybridized carbons (Fsp3) is 0.364. The highest BCUT2D eigenvalue weighted by Crippen LogP contribution is 2.26. The molecule has 0 aliphatic carbocycles. The Morgan fingerprint density at radius 1 is 1.47 bits per heavy atom. The monoisotopic (exact) mass is 227 g/mol. The molecule has 0 amide bonds. The minimum atomic E-state index is -0.404. The Kier molecular flexibility index (Phi) is 2.43. The zero-order valence-electron chi connectivity index (χ0n) is 8.55. The summed E-state index contributed by atoms with van der Waals surface area (Å²) >= 11 is 5.90. The highest BCUT2D eigenvalue weighted by atomic mass is 35.5. The third kappa shape index (κ3) is 1.97. The van der Waals surface area contributed by atoms with Gasteiger partial charge in [-0.2, -0.15) is 0 Å². The molecular formula is C11H11ClFNO. The number of rotatable bonds is 1.